The zero-order chi connectivity index (χ0) is 15.0. The monoisotopic (exact) mass is 303 g/mol. The van der Waals surface area contributed by atoms with E-state index in [2.05, 4.69) is 9.97 Å². The molecule has 0 atom stereocenters. The second-order valence-corrected chi connectivity index (χ2v) is 5.13. The number of nitrogens with zero attached hydrogens (tertiary/aromatic N) is 3. The van der Waals surface area contributed by atoms with Crippen molar-refractivity contribution in [3.05, 3.63) is 35.2 Å². The number of fused-ring (bicyclic) bond motifs is 3. The number of aromatic nitrogens is 3. The lowest BCUT2D eigenvalue weighted by molar-refractivity contribution is -0.141. The van der Waals surface area contributed by atoms with Crippen LogP contribution in [0.3, 0.4) is 0 Å². The molecule has 5 nitrogen and oxygen atoms in total. The van der Waals surface area contributed by atoms with Crippen molar-refractivity contribution in [2.45, 2.75) is 20.4 Å². The van der Waals surface area contributed by atoms with Gasteiger partial charge in [0.05, 0.1) is 17.6 Å². The second-order valence-electron chi connectivity index (χ2n) is 4.77. The summed E-state index contributed by atoms with van der Waals surface area (Å²) in [6, 6.07) is 7.78. The number of pyridine rings is 1. The van der Waals surface area contributed by atoms with E-state index in [1.807, 2.05) is 35.8 Å². The Hall–Kier alpha value is -2.14. The molecule has 0 unspecified atom stereocenters. The van der Waals surface area contributed by atoms with Crippen LogP contribution < -0.4 is 0 Å². The molecule has 0 aliphatic heterocycles. The highest BCUT2D eigenvalue weighted by Crippen LogP contribution is 2.29. The van der Waals surface area contributed by atoms with Gasteiger partial charge in [-0.25, -0.2) is 9.97 Å². The minimum atomic E-state index is -0.290. The number of hydrogen-bond acceptors (Lipinski definition) is 4. The highest BCUT2D eigenvalue weighted by molar-refractivity contribution is 6.35. The third-order valence-electron chi connectivity index (χ3n) is 3.35. The number of carbonyl (C=O) groups excluding carboxylic acids is 1. The third kappa shape index (κ3) is 2.45. The van der Waals surface area contributed by atoms with E-state index >= 15 is 0 Å². The highest BCUT2D eigenvalue weighted by Gasteiger charge is 2.15. The summed E-state index contributed by atoms with van der Waals surface area (Å²) in [5.41, 5.74) is 2.43. The quantitative estimate of drug-likeness (QED) is 0.551. The number of aryl methyl sites for hydroxylation is 1. The number of halogens is 1. The van der Waals surface area contributed by atoms with Gasteiger partial charge in [-0.05, 0) is 13.0 Å². The molecule has 108 valence electrons. The SMILES string of the molecule is CC(=O)OCCn1c(C)nc2c(Cl)nc3ccccc3c21. The van der Waals surface area contributed by atoms with Crippen LogP contribution in [0.1, 0.15) is 12.7 Å². The molecule has 2 aromatic heterocycles. The number of hydrogen-bond donors (Lipinski definition) is 0. The van der Waals surface area contributed by atoms with Gasteiger partial charge in [-0.1, -0.05) is 29.8 Å². The molecule has 0 spiro atoms. The molecule has 6 heteroatoms. The average molecular weight is 304 g/mol. The Bertz CT molecular complexity index is 842. The average Bonchev–Trinajstić information content (AvgIpc) is 2.77. The van der Waals surface area contributed by atoms with Crippen LogP contribution in [-0.2, 0) is 16.1 Å². The van der Waals surface area contributed by atoms with Crippen molar-refractivity contribution >= 4 is 39.5 Å². The van der Waals surface area contributed by atoms with Crippen molar-refractivity contribution in [3.63, 3.8) is 0 Å². The number of ether oxygens (including phenoxy) is 1. The number of benzene rings is 1. The number of imidazole rings is 1. The molecule has 0 aliphatic rings. The third-order valence-corrected chi connectivity index (χ3v) is 3.62. The van der Waals surface area contributed by atoms with Gasteiger partial charge in [0, 0.05) is 12.3 Å². The van der Waals surface area contributed by atoms with Gasteiger partial charge in [-0.15, -0.1) is 0 Å². The van der Waals surface area contributed by atoms with Crippen LogP contribution in [0, 0.1) is 6.92 Å². The van der Waals surface area contributed by atoms with E-state index in [0.717, 1.165) is 22.2 Å². The molecular weight excluding hydrogens is 290 g/mol. The summed E-state index contributed by atoms with van der Waals surface area (Å²) in [4.78, 5) is 19.8. The summed E-state index contributed by atoms with van der Waals surface area (Å²) < 4.78 is 7.03. The molecule has 1 aromatic carbocycles. The molecular formula is C15H14ClN3O2. The first-order valence-electron chi connectivity index (χ1n) is 6.62. The molecule has 0 bridgehead atoms. The Labute approximate surface area is 126 Å². The molecule has 0 saturated heterocycles. The normalized spacial score (nSPS) is 11.2. The van der Waals surface area contributed by atoms with Crippen LogP contribution >= 0.6 is 11.6 Å². The molecule has 0 N–H and O–H groups in total. The largest absolute Gasteiger partial charge is 0.464 e. The van der Waals surface area contributed by atoms with Gasteiger partial charge in [-0.3, -0.25) is 4.79 Å². The Morgan fingerprint density at radius 3 is 2.86 bits per heavy atom. The van der Waals surface area contributed by atoms with Crippen LogP contribution in [0.25, 0.3) is 21.9 Å². The van der Waals surface area contributed by atoms with Gasteiger partial charge >= 0.3 is 5.97 Å². The molecule has 0 saturated carbocycles. The van der Waals surface area contributed by atoms with E-state index in [0.29, 0.717) is 23.8 Å². The van der Waals surface area contributed by atoms with Crippen molar-refractivity contribution in [1.82, 2.24) is 14.5 Å². The van der Waals surface area contributed by atoms with Crippen molar-refractivity contribution in [2.75, 3.05) is 6.61 Å². The van der Waals surface area contributed by atoms with Gasteiger partial charge in [0.1, 0.15) is 17.9 Å². The zero-order valence-corrected chi connectivity index (χ0v) is 12.5. The first kappa shape index (κ1) is 13.8. The summed E-state index contributed by atoms with van der Waals surface area (Å²) >= 11 is 6.23. The molecule has 21 heavy (non-hydrogen) atoms. The summed E-state index contributed by atoms with van der Waals surface area (Å²) in [5.74, 6) is 0.527. The van der Waals surface area contributed by atoms with Crippen LogP contribution in [0.15, 0.2) is 24.3 Å². The van der Waals surface area contributed by atoms with Crippen molar-refractivity contribution in [2.24, 2.45) is 0 Å². The topological polar surface area (TPSA) is 57.0 Å². The summed E-state index contributed by atoms with van der Waals surface area (Å²) in [5, 5.41) is 1.37. The fourth-order valence-electron chi connectivity index (χ4n) is 2.47. The zero-order valence-electron chi connectivity index (χ0n) is 11.8. The van der Waals surface area contributed by atoms with E-state index in [1.165, 1.54) is 6.92 Å². The lowest BCUT2D eigenvalue weighted by atomic mass is 10.2. The number of carbonyl (C=O) groups is 1. The summed E-state index contributed by atoms with van der Waals surface area (Å²) in [7, 11) is 0. The maximum atomic E-state index is 10.9. The molecule has 2 heterocycles. The van der Waals surface area contributed by atoms with E-state index < -0.39 is 0 Å². The molecule has 3 aromatic rings. The maximum absolute atomic E-state index is 10.9. The van der Waals surface area contributed by atoms with Crippen LogP contribution in [0.4, 0.5) is 0 Å². The molecule has 0 radical (unpaired) electrons. The van der Waals surface area contributed by atoms with Crippen molar-refractivity contribution < 1.29 is 9.53 Å². The van der Waals surface area contributed by atoms with Crippen LogP contribution in [-0.4, -0.2) is 27.1 Å². The number of rotatable bonds is 3. The fraction of sp³-hybridized carbons (Fsp3) is 0.267. The number of esters is 1. The lowest BCUT2D eigenvalue weighted by Crippen LogP contribution is -2.10. The number of para-hydroxylation sites is 1. The first-order chi connectivity index (χ1) is 10.1. The predicted octanol–water partition coefficient (Wildman–Crippen LogP) is 3.11. The Kier molecular flexibility index (Phi) is 3.51. The van der Waals surface area contributed by atoms with Crippen molar-refractivity contribution in [3.8, 4) is 0 Å². The van der Waals surface area contributed by atoms with Gasteiger partial charge < -0.3 is 9.30 Å². The standard InChI is InChI=1S/C15H14ClN3O2/c1-9-17-13-14(19(9)7-8-21-10(2)20)11-5-3-4-6-12(11)18-15(13)16/h3-6H,7-8H2,1-2H3. The van der Waals surface area contributed by atoms with E-state index in [4.69, 9.17) is 16.3 Å². The Balaban J connectivity index is 2.18. The first-order valence-corrected chi connectivity index (χ1v) is 7.00. The Morgan fingerprint density at radius 2 is 2.10 bits per heavy atom. The van der Waals surface area contributed by atoms with E-state index in [9.17, 15) is 4.79 Å². The molecule has 0 fully saturated rings. The Morgan fingerprint density at radius 1 is 1.33 bits per heavy atom. The predicted molar refractivity (Wildman–Crippen MR) is 81.4 cm³/mol. The summed E-state index contributed by atoms with van der Waals surface area (Å²) in [6.45, 7) is 4.14. The molecule has 0 aliphatic carbocycles. The smallest absolute Gasteiger partial charge is 0.302 e. The van der Waals surface area contributed by atoms with Gasteiger partial charge in [0.25, 0.3) is 0 Å². The van der Waals surface area contributed by atoms with Crippen LogP contribution in [0.5, 0.6) is 0 Å². The van der Waals surface area contributed by atoms with E-state index in [1.54, 1.807) is 0 Å². The maximum Gasteiger partial charge on any atom is 0.302 e. The fourth-order valence-corrected chi connectivity index (χ4v) is 2.69. The van der Waals surface area contributed by atoms with E-state index in [-0.39, 0.29) is 5.97 Å². The summed E-state index contributed by atoms with van der Waals surface area (Å²) in [6.07, 6.45) is 0. The second kappa shape index (κ2) is 5.33. The lowest BCUT2D eigenvalue weighted by Gasteiger charge is -2.09. The van der Waals surface area contributed by atoms with Crippen LogP contribution in [0.2, 0.25) is 5.15 Å². The minimum Gasteiger partial charge on any atom is -0.464 e. The van der Waals surface area contributed by atoms with Gasteiger partial charge in [0.15, 0.2) is 5.15 Å². The van der Waals surface area contributed by atoms with Gasteiger partial charge in [0.2, 0.25) is 0 Å². The minimum absolute atomic E-state index is 0.290. The van der Waals surface area contributed by atoms with Crippen molar-refractivity contribution in [1.29, 1.82) is 0 Å². The highest BCUT2D eigenvalue weighted by atomic mass is 35.5. The molecule has 0 amide bonds. The van der Waals surface area contributed by atoms with Gasteiger partial charge in [-0.2, -0.15) is 0 Å². The molecule has 3 rings (SSSR count).